The lowest BCUT2D eigenvalue weighted by Gasteiger charge is -2.35. The molecule has 2 atom stereocenters. The average Bonchev–Trinajstić information content (AvgIpc) is 2.47. The third kappa shape index (κ3) is 3.56. The number of nitrogens with zero attached hydrogens (tertiary/aromatic N) is 3. The van der Waals surface area contributed by atoms with Crippen molar-refractivity contribution in [2.45, 2.75) is 51.6 Å². The maximum atomic E-state index is 9.47. The van der Waals surface area contributed by atoms with Gasteiger partial charge in [-0.25, -0.2) is 9.97 Å². The van der Waals surface area contributed by atoms with Crippen LogP contribution in [0.1, 0.15) is 39.5 Å². The summed E-state index contributed by atoms with van der Waals surface area (Å²) in [6.07, 6.45) is 6.04. The van der Waals surface area contributed by atoms with Gasteiger partial charge in [0.25, 0.3) is 0 Å². The molecule has 1 aromatic heterocycles. The van der Waals surface area contributed by atoms with Crippen molar-refractivity contribution in [3.8, 4) is 0 Å². The molecule has 1 aliphatic heterocycles. The van der Waals surface area contributed by atoms with Crippen molar-refractivity contribution in [3.05, 3.63) is 12.4 Å². The number of aliphatic hydroxyl groups excluding tert-OH is 1. The highest BCUT2D eigenvalue weighted by atomic mass is 16.3. The molecule has 2 rings (SSSR count). The summed E-state index contributed by atoms with van der Waals surface area (Å²) in [7, 11) is 0. The Bertz CT molecular complexity index is 399. The summed E-state index contributed by atoms with van der Waals surface area (Å²) in [5.74, 6) is 1.78. The van der Waals surface area contributed by atoms with Crippen molar-refractivity contribution >= 4 is 11.6 Å². The molecular weight excluding hydrogens is 240 g/mol. The van der Waals surface area contributed by atoms with Gasteiger partial charge in [-0.15, -0.1) is 0 Å². The highest BCUT2D eigenvalue weighted by Gasteiger charge is 2.23. The molecule has 0 radical (unpaired) electrons. The second kappa shape index (κ2) is 6.70. The molecule has 5 heteroatoms. The Labute approximate surface area is 115 Å². The molecule has 5 nitrogen and oxygen atoms in total. The second-order valence-electron chi connectivity index (χ2n) is 5.24. The van der Waals surface area contributed by atoms with E-state index in [1.165, 1.54) is 6.42 Å². The first kappa shape index (κ1) is 14.1. The lowest BCUT2D eigenvalue weighted by Crippen LogP contribution is -2.42. The SMILES string of the molecule is CCC(C)Nc1cc(N2CCCCC2CO)ncn1. The van der Waals surface area contributed by atoms with Gasteiger partial charge < -0.3 is 15.3 Å². The van der Waals surface area contributed by atoms with Crippen LogP contribution in [0.3, 0.4) is 0 Å². The van der Waals surface area contributed by atoms with E-state index in [1.807, 2.05) is 6.07 Å². The summed E-state index contributed by atoms with van der Waals surface area (Å²) in [5, 5.41) is 12.8. The smallest absolute Gasteiger partial charge is 0.134 e. The predicted octanol–water partition coefficient (Wildman–Crippen LogP) is 2.04. The Morgan fingerprint density at radius 2 is 2.32 bits per heavy atom. The van der Waals surface area contributed by atoms with Gasteiger partial charge in [0.05, 0.1) is 12.6 Å². The molecule has 1 saturated heterocycles. The molecule has 0 saturated carbocycles. The summed E-state index contributed by atoms with van der Waals surface area (Å²) in [5.41, 5.74) is 0. The molecule has 2 N–H and O–H groups in total. The van der Waals surface area contributed by atoms with Gasteiger partial charge >= 0.3 is 0 Å². The molecule has 0 aromatic carbocycles. The van der Waals surface area contributed by atoms with E-state index in [4.69, 9.17) is 0 Å². The normalized spacial score (nSPS) is 21.2. The fourth-order valence-electron chi connectivity index (χ4n) is 2.43. The predicted molar refractivity (Wildman–Crippen MR) is 77.5 cm³/mol. The minimum atomic E-state index is 0.193. The maximum Gasteiger partial charge on any atom is 0.134 e. The van der Waals surface area contributed by atoms with E-state index >= 15 is 0 Å². The van der Waals surface area contributed by atoms with E-state index in [2.05, 4.69) is 34.0 Å². The van der Waals surface area contributed by atoms with Crippen molar-refractivity contribution in [2.24, 2.45) is 0 Å². The Morgan fingerprint density at radius 3 is 3.05 bits per heavy atom. The first-order valence-electron chi connectivity index (χ1n) is 7.20. The van der Waals surface area contributed by atoms with Crippen LogP contribution >= 0.6 is 0 Å². The molecule has 0 spiro atoms. The van der Waals surface area contributed by atoms with Crippen LogP contribution in [0.4, 0.5) is 11.6 Å². The van der Waals surface area contributed by atoms with Crippen molar-refractivity contribution in [3.63, 3.8) is 0 Å². The van der Waals surface area contributed by atoms with Crippen LogP contribution in [0.5, 0.6) is 0 Å². The topological polar surface area (TPSA) is 61.3 Å². The van der Waals surface area contributed by atoms with E-state index in [0.717, 1.165) is 37.4 Å². The number of nitrogens with one attached hydrogen (secondary N) is 1. The third-order valence-corrected chi connectivity index (χ3v) is 3.79. The zero-order chi connectivity index (χ0) is 13.7. The van der Waals surface area contributed by atoms with E-state index < -0.39 is 0 Å². The molecule has 2 unspecified atom stereocenters. The molecule has 2 heterocycles. The van der Waals surface area contributed by atoms with Crippen molar-refractivity contribution < 1.29 is 5.11 Å². The molecule has 106 valence electrons. The largest absolute Gasteiger partial charge is 0.394 e. The molecule has 0 bridgehead atoms. The lowest BCUT2D eigenvalue weighted by molar-refractivity contribution is 0.239. The number of aliphatic hydroxyl groups is 1. The zero-order valence-electron chi connectivity index (χ0n) is 11.8. The van der Waals surface area contributed by atoms with Gasteiger partial charge in [-0.2, -0.15) is 0 Å². The summed E-state index contributed by atoms with van der Waals surface area (Å²) in [6.45, 7) is 5.44. The van der Waals surface area contributed by atoms with Gasteiger partial charge in [0.1, 0.15) is 18.0 Å². The van der Waals surface area contributed by atoms with Crippen LogP contribution in [-0.2, 0) is 0 Å². The van der Waals surface area contributed by atoms with Crippen molar-refractivity contribution in [2.75, 3.05) is 23.4 Å². The minimum Gasteiger partial charge on any atom is -0.394 e. The molecule has 1 fully saturated rings. The molecule has 19 heavy (non-hydrogen) atoms. The number of anilines is 2. The van der Waals surface area contributed by atoms with Crippen LogP contribution < -0.4 is 10.2 Å². The van der Waals surface area contributed by atoms with Gasteiger partial charge in [-0.05, 0) is 32.6 Å². The van der Waals surface area contributed by atoms with Crippen LogP contribution in [0.25, 0.3) is 0 Å². The van der Waals surface area contributed by atoms with Gasteiger partial charge in [0.15, 0.2) is 0 Å². The van der Waals surface area contributed by atoms with E-state index in [0.29, 0.717) is 6.04 Å². The van der Waals surface area contributed by atoms with E-state index in [-0.39, 0.29) is 12.6 Å². The molecule has 0 aliphatic carbocycles. The number of aromatic nitrogens is 2. The third-order valence-electron chi connectivity index (χ3n) is 3.79. The summed E-state index contributed by atoms with van der Waals surface area (Å²) in [4.78, 5) is 10.8. The molecule has 1 aromatic rings. The first-order chi connectivity index (χ1) is 9.24. The molecule has 1 aliphatic rings. The van der Waals surface area contributed by atoms with Crippen LogP contribution in [0.2, 0.25) is 0 Å². The Kier molecular flexibility index (Phi) is 4.96. The van der Waals surface area contributed by atoms with Crippen LogP contribution in [-0.4, -0.2) is 40.3 Å². The highest BCUT2D eigenvalue weighted by Crippen LogP contribution is 2.24. The minimum absolute atomic E-state index is 0.193. The Morgan fingerprint density at radius 1 is 1.47 bits per heavy atom. The summed E-state index contributed by atoms with van der Waals surface area (Å²) >= 11 is 0. The monoisotopic (exact) mass is 264 g/mol. The second-order valence-corrected chi connectivity index (χ2v) is 5.24. The molecular formula is C14H24N4O. The zero-order valence-corrected chi connectivity index (χ0v) is 11.8. The number of rotatable bonds is 5. The number of hydrogen-bond donors (Lipinski definition) is 2. The first-order valence-corrected chi connectivity index (χ1v) is 7.20. The van der Waals surface area contributed by atoms with Crippen molar-refractivity contribution in [1.29, 1.82) is 0 Å². The lowest BCUT2D eigenvalue weighted by atomic mass is 10.0. The fourth-order valence-corrected chi connectivity index (χ4v) is 2.43. The number of hydrogen-bond acceptors (Lipinski definition) is 5. The van der Waals surface area contributed by atoms with Gasteiger partial charge in [0, 0.05) is 18.7 Å². The van der Waals surface area contributed by atoms with Gasteiger partial charge in [-0.3, -0.25) is 0 Å². The highest BCUT2D eigenvalue weighted by molar-refractivity contribution is 5.49. The number of piperidine rings is 1. The maximum absolute atomic E-state index is 9.47. The summed E-state index contributed by atoms with van der Waals surface area (Å²) < 4.78 is 0. The van der Waals surface area contributed by atoms with Crippen LogP contribution in [0.15, 0.2) is 12.4 Å². The fraction of sp³-hybridized carbons (Fsp3) is 0.714. The Hall–Kier alpha value is -1.36. The Balaban J connectivity index is 2.12. The molecule has 0 amide bonds. The van der Waals surface area contributed by atoms with Gasteiger partial charge in [0.2, 0.25) is 0 Å². The quantitative estimate of drug-likeness (QED) is 0.852. The standard InChI is InChI=1S/C14H24N4O/c1-3-11(2)17-13-8-14(16-10-15-13)18-7-5-4-6-12(18)9-19/h8,10-12,19H,3-7,9H2,1-2H3,(H,15,16,17). The van der Waals surface area contributed by atoms with Crippen LogP contribution in [0, 0.1) is 0 Å². The van der Waals surface area contributed by atoms with Gasteiger partial charge in [-0.1, -0.05) is 6.92 Å². The van der Waals surface area contributed by atoms with E-state index in [1.54, 1.807) is 6.33 Å². The van der Waals surface area contributed by atoms with Crippen molar-refractivity contribution in [1.82, 2.24) is 9.97 Å². The average molecular weight is 264 g/mol. The summed E-state index contributed by atoms with van der Waals surface area (Å²) in [6, 6.07) is 2.58. The van der Waals surface area contributed by atoms with E-state index in [9.17, 15) is 5.11 Å².